The van der Waals surface area contributed by atoms with Crippen LogP contribution in [0.25, 0.3) is 0 Å². The maximum Gasteiger partial charge on any atom is 0.131 e. The molecule has 6 heteroatoms. The summed E-state index contributed by atoms with van der Waals surface area (Å²) >= 11 is 5.15. The molecule has 16 heavy (non-hydrogen) atoms. The van der Waals surface area contributed by atoms with E-state index < -0.39 is 0 Å². The molecular weight excluding hydrogens is 288 g/mol. The minimum Gasteiger partial charge on any atom is -0.373 e. The molecule has 84 valence electrons. The SMILES string of the molecule is CNc1cc(NCc2ccc(Br)s2)ncn1. The molecule has 0 radical (unpaired) electrons. The highest BCUT2D eigenvalue weighted by Crippen LogP contribution is 2.22. The minimum absolute atomic E-state index is 0.774. The summed E-state index contributed by atoms with van der Waals surface area (Å²) in [5.74, 6) is 1.63. The molecule has 0 aromatic carbocycles. The Balaban J connectivity index is 1.99. The molecule has 0 saturated heterocycles. The van der Waals surface area contributed by atoms with Crippen molar-refractivity contribution >= 4 is 38.9 Å². The number of aromatic nitrogens is 2. The molecule has 0 unspecified atom stereocenters. The number of nitrogens with one attached hydrogen (secondary N) is 2. The van der Waals surface area contributed by atoms with Gasteiger partial charge in [-0.2, -0.15) is 0 Å². The molecular formula is C10H11BrN4S. The number of thiophene rings is 1. The molecule has 2 aromatic heterocycles. The summed E-state index contributed by atoms with van der Waals surface area (Å²) in [7, 11) is 1.84. The Morgan fingerprint density at radius 2 is 2.12 bits per heavy atom. The van der Waals surface area contributed by atoms with Gasteiger partial charge in [0.2, 0.25) is 0 Å². The van der Waals surface area contributed by atoms with Crippen molar-refractivity contribution in [1.82, 2.24) is 9.97 Å². The van der Waals surface area contributed by atoms with Gasteiger partial charge in [-0.25, -0.2) is 9.97 Å². The Morgan fingerprint density at radius 3 is 2.81 bits per heavy atom. The second-order valence-electron chi connectivity index (χ2n) is 3.10. The Labute approximate surface area is 106 Å². The molecule has 0 atom stereocenters. The number of hydrogen-bond acceptors (Lipinski definition) is 5. The van der Waals surface area contributed by atoms with Crippen LogP contribution >= 0.6 is 27.3 Å². The summed E-state index contributed by atoms with van der Waals surface area (Å²) in [4.78, 5) is 9.45. The minimum atomic E-state index is 0.774. The lowest BCUT2D eigenvalue weighted by Crippen LogP contribution is -2.01. The summed E-state index contributed by atoms with van der Waals surface area (Å²) < 4.78 is 1.14. The van der Waals surface area contributed by atoms with Crippen LogP contribution in [-0.2, 0) is 6.54 Å². The first-order valence-corrected chi connectivity index (χ1v) is 6.37. The van der Waals surface area contributed by atoms with Crippen molar-refractivity contribution in [3.63, 3.8) is 0 Å². The van der Waals surface area contributed by atoms with Gasteiger partial charge in [-0.1, -0.05) is 0 Å². The van der Waals surface area contributed by atoms with Crippen LogP contribution in [0.15, 0.2) is 28.3 Å². The van der Waals surface area contributed by atoms with Crippen LogP contribution < -0.4 is 10.6 Å². The van der Waals surface area contributed by atoms with Crippen LogP contribution in [0.2, 0.25) is 0 Å². The average molecular weight is 299 g/mol. The molecule has 0 bridgehead atoms. The Bertz CT molecular complexity index is 471. The van der Waals surface area contributed by atoms with E-state index in [4.69, 9.17) is 0 Å². The van der Waals surface area contributed by atoms with Crippen LogP contribution in [-0.4, -0.2) is 17.0 Å². The summed E-state index contributed by atoms with van der Waals surface area (Å²) in [6.07, 6.45) is 1.54. The van der Waals surface area contributed by atoms with E-state index in [1.54, 1.807) is 17.7 Å². The molecule has 0 saturated carbocycles. The van der Waals surface area contributed by atoms with E-state index in [1.165, 1.54) is 4.88 Å². The van der Waals surface area contributed by atoms with Gasteiger partial charge in [0, 0.05) is 18.0 Å². The third kappa shape index (κ3) is 2.93. The predicted octanol–water partition coefficient (Wildman–Crippen LogP) is 2.95. The van der Waals surface area contributed by atoms with E-state index in [0.717, 1.165) is 22.0 Å². The fourth-order valence-electron chi connectivity index (χ4n) is 1.22. The van der Waals surface area contributed by atoms with E-state index in [1.807, 2.05) is 19.2 Å². The average Bonchev–Trinajstić information content (AvgIpc) is 2.73. The molecule has 0 amide bonds. The van der Waals surface area contributed by atoms with Crippen molar-refractivity contribution in [1.29, 1.82) is 0 Å². The fourth-order valence-corrected chi connectivity index (χ4v) is 2.64. The molecule has 0 aliphatic heterocycles. The number of halogens is 1. The van der Waals surface area contributed by atoms with E-state index >= 15 is 0 Å². The zero-order valence-corrected chi connectivity index (χ0v) is 11.1. The van der Waals surface area contributed by atoms with Crippen LogP contribution in [0.5, 0.6) is 0 Å². The molecule has 2 N–H and O–H groups in total. The molecule has 0 spiro atoms. The third-order valence-electron chi connectivity index (χ3n) is 2.00. The normalized spacial score (nSPS) is 10.1. The summed E-state index contributed by atoms with van der Waals surface area (Å²) in [5.41, 5.74) is 0. The first-order chi connectivity index (χ1) is 7.78. The van der Waals surface area contributed by atoms with Crippen LogP contribution in [0.3, 0.4) is 0 Å². The molecule has 0 fully saturated rings. The van der Waals surface area contributed by atoms with Gasteiger partial charge in [-0.3, -0.25) is 0 Å². The highest BCUT2D eigenvalue weighted by molar-refractivity contribution is 9.11. The highest BCUT2D eigenvalue weighted by atomic mass is 79.9. The van der Waals surface area contributed by atoms with Crippen molar-refractivity contribution in [3.05, 3.63) is 33.2 Å². The second kappa shape index (κ2) is 5.27. The number of hydrogen-bond donors (Lipinski definition) is 2. The van der Waals surface area contributed by atoms with Crippen molar-refractivity contribution in [2.75, 3.05) is 17.7 Å². The van der Waals surface area contributed by atoms with Gasteiger partial charge in [0.1, 0.15) is 18.0 Å². The molecule has 0 aliphatic rings. The quantitative estimate of drug-likeness (QED) is 0.911. The molecule has 2 rings (SSSR count). The lowest BCUT2D eigenvalue weighted by Gasteiger charge is -2.04. The fraction of sp³-hybridized carbons (Fsp3) is 0.200. The van der Waals surface area contributed by atoms with E-state index in [0.29, 0.717) is 0 Å². The van der Waals surface area contributed by atoms with Crippen molar-refractivity contribution < 1.29 is 0 Å². The highest BCUT2D eigenvalue weighted by Gasteiger charge is 1.99. The maximum atomic E-state index is 4.14. The van der Waals surface area contributed by atoms with Crippen molar-refractivity contribution in [2.24, 2.45) is 0 Å². The summed E-state index contributed by atoms with van der Waals surface area (Å²) in [5, 5.41) is 6.22. The van der Waals surface area contributed by atoms with Gasteiger partial charge in [-0.15, -0.1) is 11.3 Å². The van der Waals surface area contributed by atoms with Crippen molar-refractivity contribution in [3.8, 4) is 0 Å². The topological polar surface area (TPSA) is 49.8 Å². The number of rotatable bonds is 4. The standard InChI is InChI=1S/C10H11BrN4S/c1-12-9-4-10(15-6-14-9)13-5-7-2-3-8(11)16-7/h2-4,6H,5H2,1H3,(H2,12,13,14,15). The number of anilines is 2. The maximum absolute atomic E-state index is 4.14. The number of nitrogens with zero attached hydrogens (tertiary/aromatic N) is 2. The van der Waals surface area contributed by atoms with Crippen LogP contribution in [0.4, 0.5) is 11.6 Å². The van der Waals surface area contributed by atoms with Gasteiger partial charge >= 0.3 is 0 Å². The van der Waals surface area contributed by atoms with Gasteiger partial charge in [0.15, 0.2) is 0 Å². The van der Waals surface area contributed by atoms with Crippen LogP contribution in [0.1, 0.15) is 4.88 Å². The smallest absolute Gasteiger partial charge is 0.131 e. The second-order valence-corrected chi connectivity index (χ2v) is 5.65. The zero-order chi connectivity index (χ0) is 11.4. The van der Waals surface area contributed by atoms with Gasteiger partial charge < -0.3 is 10.6 Å². The van der Waals surface area contributed by atoms with E-state index in [9.17, 15) is 0 Å². The van der Waals surface area contributed by atoms with Gasteiger partial charge in [0.05, 0.1) is 10.3 Å². The first kappa shape index (κ1) is 11.3. The van der Waals surface area contributed by atoms with Crippen molar-refractivity contribution in [2.45, 2.75) is 6.54 Å². The summed E-state index contributed by atoms with van der Waals surface area (Å²) in [6, 6.07) is 6.01. The Kier molecular flexibility index (Phi) is 3.74. The molecule has 0 aliphatic carbocycles. The summed E-state index contributed by atoms with van der Waals surface area (Å²) in [6.45, 7) is 0.774. The lowest BCUT2D eigenvalue weighted by molar-refractivity contribution is 1.10. The Hall–Kier alpha value is -1.14. The molecule has 2 heterocycles. The van der Waals surface area contributed by atoms with Gasteiger partial charge in [0.25, 0.3) is 0 Å². The third-order valence-corrected chi connectivity index (χ3v) is 3.62. The zero-order valence-electron chi connectivity index (χ0n) is 8.70. The lowest BCUT2D eigenvalue weighted by atomic mass is 10.4. The molecule has 4 nitrogen and oxygen atoms in total. The van der Waals surface area contributed by atoms with Gasteiger partial charge in [-0.05, 0) is 28.1 Å². The Morgan fingerprint density at radius 1 is 1.31 bits per heavy atom. The van der Waals surface area contributed by atoms with E-state index in [2.05, 4.69) is 42.6 Å². The predicted molar refractivity (Wildman–Crippen MR) is 70.9 cm³/mol. The monoisotopic (exact) mass is 298 g/mol. The van der Waals surface area contributed by atoms with Crippen LogP contribution in [0, 0.1) is 0 Å². The first-order valence-electron chi connectivity index (χ1n) is 4.76. The molecule has 2 aromatic rings. The largest absolute Gasteiger partial charge is 0.373 e. The van der Waals surface area contributed by atoms with E-state index in [-0.39, 0.29) is 0 Å².